The highest BCUT2D eigenvalue weighted by atomic mass is 15.2. The van der Waals surface area contributed by atoms with Crippen molar-refractivity contribution in [1.29, 1.82) is 0 Å². The van der Waals surface area contributed by atoms with E-state index in [1.54, 1.807) is 0 Å². The van der Waals surface area contributed by atoms with Crippen LogP contribution in [0.15, 0.2) is 297 Å². The van der Waals surface area contributed by atoms with Gasteiger partial charge >= 0.3 is 0 Å². The van der Waals surface area contributed by atoms with Crippen LogP contribution < -0.4 is 4.90 Å². The van der Waals surface area contributed by atoms with Gasteiger partial charge in [0.05, 0.1) is 33.2 Å². The number of nitrogens with zero attached hydrogens (tertiary/aromatic N) is 3. The van der Waals surface area contributed by atoms with Gasteiger partial charge in [-0.15, -0.1) is 0 Å². The van der Waals surface area contributed by atoms with Gasteiger partial charge in [0.1, 0.15) is 0 Å². The molecule has 3 aliphatic rings. The lowest BCUT2D eigenvalue weighted by molar-refractivity contribution is 0.660. The Hall–Kier alpha value is -10.7. The molecular weight excluding hydrogens is 1030 g/mol. The molecule has 18 rings (SSSR count). The average Bonchev–Trinajstić information content (AvgIpc) is 1.64. The zero-order valence-electron chi connectivity index (χ0n) is 47.1. The van der Waals surface area contributed by atoms with Gasteiger partial charge in [-0.2, -0.15) is 0 Å². The highest BCUT2D eigenvalue weighted by molar-refractivity contribution is 6.12. The maximum Gasteiger partial charge on any atom is 0.0727 e. The molecule has 0 aliphatic heterocycles. The molecule has 0 saturated carbocycles. The Morgan fingerprint density at radius 2 is 0.706 bits per heavy atom. The van der Waals surface area contributed by atoms with E-state index < -0.39 is 5.41 Å². The van der Waals surface area contributed by atoms with Crippen molar-refractivity contribution in [3.05, 3.63) is 331 Å². The van der Waals surface area contributed by atoms with Crippen LogP contribution in [0.25, 0.3) is 111 Å². The number of hydrogen-bond acceptors (Lipinski definition) is 1. The second-order valence-corrected chi connectivity index (χ2v) is 23.9. The topological polar surface area (TPSA) is 13.1 Å². The van der Waals surface area contributed by atoms with E-state index in [1.807, 2.05) is 0 Å². The van der Waals surface area contributed by atoms with Gasteiger partial charge in [-0.25, -0.2) is 0 Å². The van der Waals surface area contributed by atoms with E-state index in [0.29, 0.717) is 0 Å². The van der Waals surface area contributed by atoms with Gasteiger partial charge in [0, 0.05) is 55.3 Å². The summed E-state index contributed by atoms with van der Waals surface area (Å²) in [6, 6.07) is 112. The first-order valence-electron chi connectivity index (χ1n) is 29.7. The summed E-state index contributed by atoms with van der Waals surface area (Å²) in [7, 11) is 0. The van der Waals surface area contributed by atoms with Gasteiger partial charge in [-0.1, -0.05) is 232 Å². The predicted molar refractivity (Wildman–Crippen MR) is 355 cm³/mol. The van der Waals surface area contributed by atoms with Crippen LogP contribution in [0.1, 0.15) is 47.2 Å². The Labute approximate surface area is 494 Å². The van der Waals surface area contributed by atoms with Crippen molar-refractivity contribution < 1.29 is 0 Å². The minimum Gasteiger partial charge on any atom is -0.310 e. The van der Waals surface area contributed by atoms with Crippen LogP contribution >= 0.6 is 0 Å². The van der Waals surface area contributed by atoms with E-state index in [-0.39, 0.29) is 5.41 Å². The number of rotatable bonds is 7. The third kappa shape index (κ3) is 6.66. The minimum absolute atomic E-state index is 0.220. The van der Waals surface area contributed by atoms with Gasteiger partial charge in [0.25, 0.3) is 0 Å². The van der Waals surface area contributed by atoms with Crippen LogP contribution in [0, 0.1) is 0 Å². The summed E-state index contributed by atoms with van der Waals surface area (Å²) in [4.78, 5) is 2.58. The van der Waals surface area contributed by atoms with Crippen molar-refractivity contribution in [1.82, 2.24) is 9.13 Å². The first-order chi connectivity index (χ1) is 41.9. The molecular formula is C82H55N3. The average molecular weight is 1080 g/mol. The fourth-order valence-electron chi connectivity index (χ4n) is 15.6. The second kappa shape index (κ2) is 17.9. The summed E-state index contributed by atoms with van der Waals surface area (Å²) in [6.07, 6.45) is 0. The summed E-state index contributed by atoms with van der Waals surface area (Å²) in [6.45, 7) is 4.79. The van der Waals surface area contributed by atoms with Crippen molar-refractivity contribution in [3.63, 3.8) is 0 Å². The molecule has 398 valence electrons. The SMILES string of the molecule is CC1(C)c2ccccc2-c2ccc(N(c3ccc(-c4ccc(-n5c6ccccc6c6ccccc65)cc4)cc3)c3cc(-n4c5ccccc5c5cc(-c6ccccc6)ccc54)cc4c3-c3ccccc3C43c4ccccc4-c4ccccc43)cc21. The maximum atomic E-state index is 2.58. The lowest BCUT2D eigenvalue weighted by Gasteiger charge is -2.33. The summed E-state index contributed by atoms with van der Waals surface area (Å²) in [5.41, 5.74) is 29.8. The smallest absolute Gasteiger partial charge is 0.0727 e. The van der Waals surface area contributed by atoms with Crippen LogP contribution in [-0.2, 0) is 10.8 Å². The molecule has 0 fully saturated rings. The molecule has 3 heteroatoms. The summed E-state index contributed by atoms with van der Waals surface area (Å²) in [5, 5.41) is 4.98. The van der Waals surface area contributed by atoms with E-state index in [2.05, 4.69) is 325 Å². The standard InChI is InChI=1S/C82H55N3/c1-81(2)69-29-13-6-22-60(69)63-46-45-58(49-73(63)81)83(56-41-36-53(37-42-56)54-38-43-57(44-39-54)84-75-33-17-10-25-64(75)65-26-11-18-34-76(65)84)79-51-59(85-77-35-19-12-27-66(77)68-48-55(40-47-78(68)85)52-20-4-3-5-21-52)50-74-80(79)67-28-9-16-32-72(67)82(74)70-30-14-7-23-61(70)62-24-8-15-31-71(62)82/h3-51H,1-2H3. The van der Waals surface area contributed by atoms with Gasteiger partial charge in [-0.05, 0) is 162 Å². The van der Waals surface area contributed by atoms with Crippen LogP contribution in [-0.4, -0.2) is 9.13 Å². The first kappa shape index (κ1) is 47.9. The Bertz CT molecular complexity index is 5170. The Kier molecular flexibility index (Phi) is 10.1. The molecule has 0 unspecified atom stereocenters. The number of para-hydroxylation sites is 3. The molecule has 13 aromatic carbocycles. The van der Waals surface area contributed by atoms with Crippen molar-refractivity contribution in [2.45, 2.75) is 24.7 Å². The molecule has 3 nitrogen and oxygen atoms in total. The molecule has 0 radical (unpaired) electrons. The summed E-state index contributed by atoms with van der Waals surface area (Å²) < 4.78 is 4.93. The summed E-state index contributed by atoms with van der Waals surface area (Å²) >= 11 is 0. The van der Waals surface area contributed by atoms with Crippen molar-refractivity contribution in [3.8, 4) is 67.0 Å². The molecule has 15 aromatic rings. The molecule has 0 saturated heterocycles. The molecule has 2 heterocycles. The Balaban J connectivity index is 0.897. The molecule has 0 bridgehead atoms. The maximum absolute atomic E-state index is 2.58. The number of hydrogen-bond donors (Lipinski definition) is 0. The summed E-state index contributed by atoms with van der Waals surface area (Å²) in [5.74, 6) is 0. The normalized spacial score (nSPS) is 13.7. The van der Waals surface area contributed by atoms with E-state index >= 15 is 0 Å². The molecule has 0 N–H and O–H groups in total. The number of benzene rings is 13. The largest absolute Gasteiger partial charge is 0.310 e. The molecule has 0 amide bonds. The zero-order valence-corrected chi connectivity index (χ0v) is 47.1. The fourth-order valence-corrected chi connectivity index (χ4v) is 15.6. The zero-order chi connectivity index (χ0) is 56.1. The molecule has 2 aromatic heterocycles. The van der Waals surface area contributed by atoms with E-state index in [4.69, 9.17) is 0 Å². The molecule has 1 spiro atoms. The highest BCUT2D eigenvalue weighted by Gasteiger charge is 2.53. The second-order valence-electron chi connectivity index (χ2n) is 23.9. The fraction of sp³-hybridized carbons (Fsp3) is 0.0488. The predicted octanol–water partition coefficient (Wildman–Crippen LogP) is 21.3. The van der Waals surface area contributed by atoms with Gasteiger partial charge in [-0.3, -0.25) is 0 Å². The van der Waals surface area contributed by atoms with Crippen LogP contribution in [0.4, 0.5) is 17.1 Å². The Morgan fingerprint density at radius 1 is 0.271 bits per heavy atom. The van der Waals surface area contributed by atoms with E-state index in [9.17, 15) is 0 Å². The molecule has 0 atom stereocenters. The van der Waals surface area contributed by atoms with Gasteiger partial charge in [0.15, 0.2) is 0 Å². The van der Waals surface area contributed by atoms with Gasteiger partial charge in [0.2, 0.25) is 0 Å². The molecule has 3 aliphatic carbocycles. The lowest BCUT2D eigenvalue weighted by atomic mass is 9.70. The van der Waals surface area contributed by atoms with Crippen LogP contribution in [0.3, 0.4) is 0 Å². The highest BCUT2D eigenvalue weighted by Crippen LogP contribution is 2.65. The van der Waals surface area contributed by atoms with Crippen molar-refractivity contribution in [2.75, 3.05) is 4.90 Å². The number of aromatic nitrogens is 2. The molecule has 85 heavy (non-hydrogen) atoms. The van der Waals surface area contributed by atoms with Crippen molar-refractivity contribution >= 4 is 60.7 Å². The lowest BCUT2D eigenvalue weighted by Crippen LogP contribution is -2.26. The number of anilines is 3. The van der Waals surface area contributed by atoms with Crippen molar-refractivity contribution in [2.24, 2.45) is 0 Å². The quantitative estimate of drug-likeness (QED) is 0.155. The monoisotopic (exact) mass is 1080 g/mol. The van der Waals surface area contributed by atoms with E-state index in [0.717, 1.165) is 34.0 Å². The van der Waals surface area contributed by atoms with Crippen LogP contribution in [0.5, 0.6) is 0 Å². The number of fused-ring (bicyclic) bond motifs is 19. The third-order valence-corrected chi connectivity index (χ3v) is 19.3. The van der Waals surface area contributed by atoms with Crippen LogP contribution in [0.2, 0.25) is 0 Å². The Morgan fingerprint density at radius 3 is 1.33 bits per heavy atom. The third-order valence-electron chi connectivity index (χ3n) is 19.3. The minimum atomic E-state index is -0.606. The van der Waals surface area contributed by atoms with E-state index in [1.165, 1.54) is 127 Å². The van der Waals surface area contributed by atoms with Gasteiger partial charge < -0.3 is 14.0 Å². The first-order valence-corrected chi connectivity index (χ1v) is 29.7.